The predicted octanol–water partition coefficient (Wildman–Crippen LogP) is 2.54. The van der Waals surface area contributed by atoms with Crippen molar-refractivity contribution in [1.29, 1.82) is 0 Å². The minimum absolute atomic E-state index is 0.0934. The summed E-state index contributed by atoms with van der Waals surface area (Å²) in [6.07, 6.45) is 0.292. The van der Waals surface area contributed by atoms with E-state index in [-0.39, 0.29) is 6.10 Å². The first-order chi connectivity index (χ1) is 7.61. The molecule has 1 aliphatic rings. The molecule has 1 unspecified atom stereocenters. The molecule has 3 heteroatoms. The number of aliphatic hydroxyl groups is 1. The predicted molar refractivity (Wildman–Crippen MR) is 61.8 cm³/mol. The van der Waals surface area contributed by atoms with Crippen molar-refractivity contribution in [3.63, 3.8) is 0 Å². The SMILES string of the molecule is COc1ccc2c(c1)[C@H](O)CC(C(C)C)O2. The van der Waals surface area contributed by atoms with Crippen molar-refractivity contribution in [1.82, 2.24) is 0 Å². The maximum atomic E-state index is 10.1. The van der Waals surface area contributed by atoms with E-state index in [0.717, 1.165) is 17.1 Å². The number of benzene rings is 1. The van der Waals surface area contributed by atoms with E-state index in [9.17, 15) is 5.11 Å². The summed E-state index contributed by atoms with van der Waals surface area (Å²) < 4.78 is 11.0. The number of hydrogen-bond acceptors (Lipinski definition) is 3. The zero-order valence-electron chi connectivity index (χ0n) is 9.93. The molecule has 0 saturated heterocycles. The van der Waals surface area contributed by atoms with Gasteiger partial charge in [-0.05, 0) is 24.1 Å². The lowest BCUT2D eigenvalue weighted by Crippen LogP contribution is -2.30. The maximum Gasteiger partial charge on any atom is 0.125 e. The molecular formula is C13H18O3. The summed E-state index contributed by atoms with van der Waals surface area (Å²) in [5.74, 6) is 1.94. The van der Waals surface area contributed by atoms with Crippen LogP contribution in [0.3, 0.4) is 0 Å². The van der Waals surface area contributed by atoms with E-state index in [2.05, 4.69) is 13.8 Å². The third-order valence-electron chi connectivity index (χ3n) is 3.05. The Hall–Kier alpha value is -1.22. The van der Waals surface area contributed by atoms with Crippen molar-refractivity contribution in [2.45, 2.75) is 32.5 Å². The standard InChI is InChI=1S/C13H18O3/c1-8(2)13-7-11(14)10-6-9(15-3)4-5-12(10)16-13/h4-6,8,11,13-14H,7H2,1-3H3/t11-,13?/m1/s1. The highest BCUT2D eigenvalue weighted by Gasteiger charge is 2.29. The van der Waals surface area contributed by atoms with Crippen LogP contribution in [-0.2, 0) is 0 Å². The third kappa shape index (κ3) is 2.00. The molecule has 0 fully saturated rings. The van der Waals surface area contributed by atoms with E-state index < -0.39 is 6.10 Å². The molecule has 3 nitrogen and oxygen atoms in total. The number of methoxy groups -OCH3 is 1. The number of rotatable bonds is 2. The quantitative estimate of drug-likeness (QED) is 0.835. The lowest BCUT2D eigenvalue weighted by Gasteiger charge is -2.32. The second kappa shape index (κ2) is 4.34. The smallest absolute Gasteiger partial charge is 0.125 e. The Balaban J connectivity index is 2.30. The Bertz CT molecular complexity index is 373. The van der Waals surface area contributed by atoms with Crippen LogP contribution in [-0.4, -0.2) is 18.3 Å². The van der Waals surface area contributed by atoms with Crippen molar-refractivity contribution < 1.29 is 14.6 Å². The van der Waals surface area contributed by atoms with Gasteiger partial charge in [-0.2, -0.15) is 0 Å². The van der Waals surface area contributed by atoms with Crippen LogP contribution in [0.4, 0.5) is 0 Å². The summed E-state index contributed by atoms with van der Waals surface area (Å²) in [5.41, 5.74) is 0.830. The highest BCUT2D eigenvalue weighted by atomic mass is 16.5. The Kier molecular flexibility index (Phi) is 3.06. The molecule has 0 aromatic heterocycles. The van der Waals surface area contributed by atoms with Gasteiger partial charge in [0.15, 0.2) is 0 Å². The second-order valence-corrected chi connectivity index (χ2v) is 4.56. The molecule has 0 bridgehead atoms. The van der Waals surface area contributed by atoms with Crippen LogP contribution in [0.5, 0.6) is 11.5 Å². The van der Waals surface area contributed by atoms with Gasteiger partial charge in [0.25, 0.3) is 0 Å². The molecular weight excluding hydrogens is 204 g/mol. The van der Waals surface area contributed by atoms with Crippen LogP contribution >= 0.6 is 0 Å². The van der Waals surface area contributed by atoms with E-state index in [0.29, 0.717) is 12.3 Å². The monoisotopic (exact) mass is 222 g/mol. The van der Waals surface area contributed by atoms with Crippen molar-refractivity contribution in [3.05, 3.63) is 23.8 Å². The Morgan fingerprint density at radius 1 is 1.44 bits per heavy atom. The van der Waals surface area contributed by atoms with Crippen LogP contribution in [0, 0.1) is 5.92 Å². The van der Waals surface area contributed by atoms with Crippen LogP contribution < -0.4 is 9.47 Å². The number of aliphatic hydroxyl groups excluding tert-OH is 1. The average Bonchev–Trinajstić information content (AvgIpc) is 2.28. The van der Waals surface area contributed by atoms with Gasteiger partial charge in [0.1, 0.15) is 17.6 Å². The number of hydrogen-bond donors (Lipinski definition) is 1. The summed E-state index contributed by atoms with van der Waals surface area (Å²) in [7, 11) is 1.62. The second-order valence-electron chi connectivity index (χ2n) is 4.56. The fraction of sp³-hybridized carbons (Fsp3) is 0.538. The van der Waals surface area contributed by atoms with E-state index >= 15 is 0 Å². The van der Waals surface area contributed by atoms with Gasteiger partial charge in [0, 0.05) is 12.0 Å². The topological polar surface area (TPSA) is 38.7 Å². The molecule has 2 atom stereocenters. The lowest BCUT2D eigenvalue weighted by molar-refractivity contribution is 0.0425. The molecule has 1 heterocycles. The number of fused-ring (bicyclic) bond motifs is 1. The molecule has 16 heavy (non-hydrogen) atoms. The van der Waals surface area contributed by atoms with Gasteiger partial charge in [-0.1, -0.05) is 13.8 Å². The Morgan fingerprint density at radius 2 is 2.19 bits per heavy atom. The highest BCUT2D eigenvalue weighted by molar-refractivity contribution is 5.43. The van der Waals surface area contributed by atoms with Crippen molar-refractivity contribution in [2.75, 3.05) is 7.11 Å². The van der Waals surface area contributed by atoms with Gasteiger partial charge in [-0.15, -0.1) is 0 Å². The van der Waals surface area contributed by atoms with Crippen molar-refractivity contribution >= 4 is 0 Å². The highest BCUT2D eigenvalue weighted by Crippen LogP contribution is 2.38. The van der Waals surface area contributed by atoms with Crippen molar-refractivity contribution in [3.8, 4) is 11.5 Å². The summed E-state index contributed by atoms with van der Waals surface area (Å²) in [5, 5.41) is 10.1. The van der Waals surface area contributed by atoms with Crippen LogP contribution in [0.25, 0.3) is 0 Å². The number of ether oxygens (including phenoxy) is 2. The summed E-state index contributed by atoms with van der Waals surface area (Å²) in [6, 6.07) is 5.57. The molecule has 0 aliphatic carbocycles. The lowest BCUT2D eigenvalue weighted by atomic mass is 9.93. The van der Waals surface area contributed by atoms with Crippen molar-refractivity contribution in [2.24, 2.45) is 5.92 Å². The zero-order valence-corrected chi connectivity index (χ0v) is 9.93. The van der Waals surface area contributed by atoms with E-state index in [1.165, 1.54) is 0 Å². The van der Waals surface area contributed by atoms with Gasteiger partial charge in [-0.3, -0.25) is 0 Å². The molecule has 1 N–H and O–H groups in total. The van der Waals surface area contributed by atoms with Gasteiger partial charge in [0.2, 0.25) is 0 Å². The van der Waals surface area contributed by atoms with E-state index in [1.807, 2.05) is 18.2 Å². The molecule has 88 valence electrons. The summed E-state index contributed by atoms with van der Waals surface area (Å²) in [4.78, 5) is 0. The average molecular weight is 222 g/mol. The first kappa shape index (κ1) is 11.3. The third-order valence-corrected chi connectivity index (χ3v) is 3.05. The fourth-order valence-corrected chi connectivity index (χ4v) is 1.99. The fourth-order valence-electron chi connectivity index (χ4n) is 1.99. The van der Waals surface area contributed by atoms with E-state index in [1.54, 1.807) is 7.11 Å². The molecule has 0 amide bonds. The summed E-state index contributed by atoms with van der Waals surface area (Å²) in [6.45, 7) is 4.21. The molecule has 0 radical (unpaired) electrons. The Labute approximate surface area is 96.0 Å². The zero-order chi connectivity index (χ0) is 11.7. The first-order valence-corrected chi connectivity index (χ1v) is 5.64. The first-order valence-electron chi connectivity index (χ1n) is 5.64. The molecule has 1 aromatic rings. The van der Waals surface area contributed by atoms with E-state index in [4.69, 9.17) is 9.47 Å². The summed E-state index contributed by atoms with van der Waals surface area (Å²) >= 11 is 0. The van der Waals surface area contributed by atoms with Crippen LogP contribution in [0.2, 0.25) is 0 Å². The van der Waals surface area contributed by atoms with Gasteiger partial charge < -0.3 is 14.6 Å². The molecule has 0 saturated carbocycles. The minimum atomic E-state index is -0.453. The largest absolute Gasteiger partial charge is 0.497 e. The molecule has 1 aromatic carbocycles. The minimum Gasteiger partial charge on any atom is -0.497 e. The van der Waals surface area contributed by atoms with Crippen LogP contribution in [0.1, 0.15) is 31.9 Å². The molecule has 0 spiro atoms. The molecule has 1 aliphatic heterocycles. The van der Waals surface area contributed by atoms with Gasteiger partial charge in [0.05, 0.1) is 13.2 Å². The van der Waals surface area contributed by atoms with Crippen LogP contribution in [0.15, 0.2) is 18.2 Å². The maximum absolute atomic E-state index is 10.1. The van der Waals surface area contributed by atoms with Gasteiger partial charge in [-0.25, -0.2) is 0 Å². The Morgan fingerprint density at radius 3 is 2.81 bits per heavy atom. The van der Waals surface area contributed by atoms with Gasteiger partial charge >= 0.3 is 0 Å². The molecule has 2 rings (SSSR count). The normalized spacial score (nSPS) is 23.8.